The van der Waals surface area contributed by atoms with Crippen LogP contribution in [0.4, 0.5) is 5.69 Å². The lowest BCUT2D eigenvalue weighted by molar-refractivity contribution is -0.137. The van der Waals surface area contributed by atoms with E-state index in [0.29, 0.717) is 26.1 Å². The quantitative estimate of drug-likeness (QED) is 0.710. The van der Waals surface area contributed by atoms with Crippen molar-refractivity contribution in [3.63, 3.8) is 0 Å². The first-order valence-electron chi connectivity index (χ1n) is 8.93. The molecule has 1 amide bonds. The van der Waals surface area contributed by atoms with Gasteiger partial charge in [0.05, 0.1) is 6.54 Å². The van der Waals surface area contributed by atoms with Gasteiger partial charge < -0.3 is 14.9 Å². The number of benzene rings is 2. The Labute approximate surface area is 154 Å². The Hall–Kier alpha value is -2.82. The number of carbonyl (C=O) groups is 2. The van der Waals surface area contributed by atoms with Crippen molar-refractivity contribution in [3.05, 3.63) is 66.2 Å². The molecule has 0 aliphatic carbocycles. The van der Waals surface area contributed by atoms with Crippen LogP contribution in [0.3, 0.4) is 0 Å². The third-order valence-corrected chi connectivity index (χ3v) is 4.22. The summed E-state index contributed by atoms with van der Waals surface area (Å²) in [6, 6.07) is 19.6. The number of nitrogens with zero attached hydrogens (tertiary/aromatic N) is 2. The van der Waals surface area contributed by atoms with Crippen LogP contribution in [0.1, 0.15) is 25.3 Å². The molecule has 0 fully saturated rings. The zero-order valence-corrected chi connectivity index (χ0v) is 15.2. The van der Waals surface area contributed by atoms with Gasteiger partial charge in [0.2, 0.25) is 5.91 Å². The Morgan fingerprint density at radius 2 is 1.58 bits per heavy atom. The second kappa shape index (κ2) is 10.2. The van der Waals surface area contributed by atoms with Gasteiger partial charge in [-0.1, -0.05) is 48.5 Å². The predicted octanol–water partition coefficient (Wildman–Crippen LogP) is 3.41. The molecule has 5 heteroatoms. The zero-order chi connectivity index (χ0) is 18.8. The first-order chi connectivity index (χ1) is 12.6. The largest absolute Gasteiger partial charge is 0.481 e. The van der Waals surface area contributed by atoms with Gasteiger partial charge in [0.25, 0.3) is 0 Å². The van der Waals surface area contributed by atoms with Crippen LogP contribution >= 0.6 is 0 Å². The van der Waals surface area contributed by atoms with E-state index in [-0.39, 0.29) is 18.9 Å². The van der Waals surface area contributed by atoms with E-state index < -0.39 is 5.97 Å². The van der Waals surface area contributed by atoms with Crippen molar-refractivity contribution in [1.29, 1.82) is 0 Å². The van der Waals surface area contributed by atoms with Gasteiger partial charge in [-0.3, -0.25) is 9.59 Å². The summed E-state index contributed by atoms with van der Waals surface area (Å²) in [5.41, 5.74) is 2.03. The summed E-state index contributed by atoms with van der Waals surface area (Å²) in [7, 11) is 0. The van der Waals surface area contributed by atoms with Crippen molar-refractivity contribution in [2.45, 2.75) is 26.3 Å². The van der Waals surface area contributed by atoms with Gasteiger partial charge in [0, 0.05) is 31.7 Å². The summed E-state index contributed by atoms with van der Waals surface area (Å²) in [5, 5.41) is 8.88. The zero-order valence-electron chi connectivity index (χ0n) is 15.2. The first-order valence-corrected chi connectivity index (χ1v) is 8.93. The lowest BCUT2D eigenvalue weighted by Gasteiger charge is -2.28. The molecule has 0 heterocycles. The van der Waals surface area contributed by atoms with E-state index in [0.717, 1.165) is 11.3 Å². The van der Waals surface area contributed by atoms with Crippen LogP contribution in [0.15, 0.2) is 60.7 Å². The van der Waals surface area contributed by atoms with Crippen LogP contribution < -0.4 is 4.90 Å². The normalized spacial score (nSPS) is 10.3. The number of rotatable bonds is 10. The second-order valence-corrected chi connectivity index (χ2v) is 6.15. The van der Waals surface area contributed by atoms with Gasteiger partial charge in [-0.15, -0.1) is 0 Å². The van der Waals surface area contributed by atoms with E-state index in [1.165, 1.54) is 0 Å². The second-order valence-electron chi connectivity index (χ2n) is 6.15. The van der Waals surface area contributed by atoms with Gasteiger partial charge in [0.15, 0.2) is 0 Å². The molecule has 2 rings (SSSR count). The molecule has 2 aromatic rings. The fourth-order valence-electron chi connectivity index (χ4n) is 2.80. The summed E-state index contributed by atoms with van der Waals surface area (Å²) >= 11 is 0. The summed E-state index contributed by atoms with van der Waals surface area (Å²) in [5.74, 6) is -0.779. The van der Waals surface area contributed by atoms with E-state index in [2.05, 4.69) is 0 Å². The molecule has 0 atom stereocenters. The number of amides is 1. The van der Waals surface area contributed by atoms with Crippen LogP contribution in [0.2, 0.25) is 0 Å². The minimum absolute atomic E-state index is 0.0375. The van der Waals surface area contributed by atoms with Gasteiger partial charge in [-0.25, -0.2) is 0 Å². The third-order valence-electron chi connectivity index (χ3n) is 4.22. The average Bonchev–Trinajstić information content (AvgIpc) is 2.66. The van der Waals surface area contributed by atoms with E-state index in [1.807, 2.05) is 77.4 Å². The predicted molar refractivity (Wildman–Crippen MR) is 103 cm³/mol. The number of hydrogen-bond acceptors (Lipinski definition) is 3. The summed E-state index contributed by atoms with van der Waals surface area (Å²) < 4.78 is 0. The summed E-state index contributed by atoms with van der Waals surface area (Å²) in [4.78, 5) is 27.4. The van der Waals surface area contributed by atoms with E-state index in [1.54, 1.807) is 0 Å². The van der Waals surface area contributed by atoms with Crippen molar-refractivity contribution in [1.82, 2.24) is 4.90 Å². The number of hydrogen-bond donors (Lipinski definition) is 1. The maximum Gasteiger partial charge on any atom is 0.303 e. The highest BCUT2D eigenvalue weighted by Crippen LogP contribution is 2.15. The Morgan fingerprint density at radius 3 is 2.15 bits per heavy atom. The fourth-order valence-corrected chi connectivity index (χ4v) is 2.80. The first kappa shape index (κ1) is 19.5. The molecule has 0 saturated heterocycles. The molecule has 1 N–H and O–H groups in total. The summed E-state index contributed by atoms with van der Waals surface area (Å²) in [6.07, 6.45) is 0.599. The Bertz CT molecular complexity index is 689. The number of carboxylic acid groups (broad SMARTS) is 1. The summed E-state index contributed by atoms with van der Waals surface area (Å²) in [6.45, 7) is 3.95. The van der Waals surface area contributed by atoms with Crippen LogP contribution in [-0.2, 0) is 16.1 Å². The monoisotopic (exact) mass is 354 g/mol. The van der Waals surface area contributed by atoms with Crippen molar-refractivity contribution in [2.24, 2.45) is 0 Å². The molecular weight excluding hydrogens is 328 g/mol. The number of carboxylic acids is 1. The number of para-hydroxylation sites is 1. The lowest BCUT2D eigenvalue weighted by Crippen LogP contribution is -2.40. The van der Waals surface area contributed by atoms with Gasteiger partial charge >= 0.3 is 5.97 Å². The topological polar surface area (TPSA) is 60.9 Å². The molecule has 0 spiro atoms. The molecule has 5 nitrogen and oxygen atoms in total. The van der Waals surface area contributed by atoms with Crippen LogP contribution in [0, 0.1) is 0 Å². The Balaban J connectivity index is 2.04. The standard InChI is InChI=1S/C21H26N2O3/c1-2-22(16-18-10-5-3-6-11-18)20(24)17-23(15-9-14-21(25)26)19-12-7-4-8-13-19/h3-8,10-13H,2,9,14-17H2,1H3,(H,25,26). The van der Waals surface area contributed by atoms with Crippen molar-refractivity contribution in [2.75, 3.05) is 24.5 Å². The average molecular weight is 354 g/mol. The van der Waals surface area contributed by atoms with Crippen LogP contribution in [0.5, 0.6) is 0 Å². The highest BCUT2D eigenvalue weighted by atomic mass is 16.4. The van der Waals surface area contributed by atoms with E-state index in [9.17, 15) is 9.59 Å². The molecule has 0 unspecified atom stereocenters. The van der Waals surface area contributed by atoms with E-state index in [4.69, 9.17) is 5.11 Å². The molecule has 2 aromatic carbocycles. The van der Waals surface area contributed by atoms with Crippen LogP contribution in [-0.4, -0.2) is 41.5 Å². The smallest absolute Gasteiger partial charge is 0.303 e. The number of aliphatic carboxylic acids is 1. The molecule has 0 aromatic heterocycles. The molecule has 138 valence electrons. The lowest BCUT2D eigenvalue weighted by atomic mass is 10.2. The molecule has 0 radical (unpaired) electrons. The third kappa shape index (κ3) is 6.24. The van der Waals surface area contributed by atoms with Crippen molar-refractivity contribution in [3.8, 4) is 0 Å². The Morgan fingerprint density at radius 1 is 0.962 bits per heavy atom. The molecule has 0 aliphatic heterocycles. The molecule has 0 bridgehead atoms. The molecule has 0 saturated carbocycles. The van der Waals surface area contributed by atoms with Gasteiger partial charge in [-0.05, 0) is 31.0 Å². The fraction of sp³-hybridized carbons (Fsp3) is 0.333. The van der Waals surface area contributed by atoms with E-state index >= 15 is 0 Å². The maximum absolute atomic E-state index is 12.8. The molecule has 26 heavy (non-hydrogen) atoms. The number of likely N-dealkylation sites (N-methyl/N-ethyl adjacent to an activating group) is 1. The molecular formula is C21H26N2O3. The minimum atomic E-state index is -0.816. The highest BCUT2D eigenvalue weighted by molar-refractivity contribution is 5.81. The highest BCUT2D eigenvalue weighted by Gasteiger charge is 2.17. The van der Waals surface area contributed by atoms with Crippen LogP contribution in [0.25, 0.3) is 0 Å². The van der Waals surface area contributed by atoms with Gasteiger partial charge in [0.1, 0.15) is 0 Å². The minimum Gasteiger partial charge on any atom is -0.481 e. The van der Waals surface area contributed by atoms with Crippen molar-refractivity contribution >= 4 is 17.6 Å². The van der Waals surface area contributed by atoms with Crippen molar-refractivity contribution < 1.29 is 14.7 Å². The van der Waals surface area contributed by atoms with Gasteiger partial charge in [-0.2, -0.15) is 0 Å². The Kier molecular flexibility index (Phi) is 7.68. The SMILES string of the molecule is CCN(Cc1ccccc1)C(=O)CN(CCCC(=O)O)c1ccccc1. The molecule has 0 aliphatic rings. The maximum atomic E-state index is 12.8. The number of anilines is 1. The number of carbonyl (C=O) groups excluding carboxylic acids is 1.